The third-order valence-electron chi connectivity index (χ3n) is 11.3. The van der Waals surface area contributed by atoms with E-state index in [2.05, 4.69) is 21.3 Å². The molecule has 0 bridgehead atoms. The second kappa shape index (κ2) is 29.7. The number of ether oxygens (including phenoxy) is 4. The van der Waals surface area contributed by atoms with Crippen LogP contribution in [0.25, 0.3) is 0 Å². The Hall–Kier alpha value is -6.20. The zero-order valence-electron chi connectivity index (χ0n) is 43.3. The molecule has 382 valence electrons. The van der Waals surface area contributed by atoms with Gasteiger partial charge in [-0.2, -0.15) is 0 Å². The summed E-state index contributed by atoms with van der Waals surface area (Å²) in [6.45, 7) is 7.98. The quantitative estimate of drug-likeness (QED) is 0.0581. The highest BCUT2D eigenvalue weighted by molar-refractivity contribution is 5.79. The summed E-state index contributed by atoms with van der Waals surface area (Å²) in [6.07, 6.45) is 1.78. The van der Waals surface area contributed by atoms with Crippen LogP contribution in [0.5, 0.6) is 23.0 Å². The van der Waals surface area contributed by atoms with Crippen molar-refractivity contribution in [2.75, 3.05) is 135 Å². The van der Waals surface area contributed by atoms with E-state index >= 15 is 0 Å². The maximum absolute atomic E-state index is 13.3. The zero-order valence-corrected chi connectivity index (χ0v) is 43.3. The fourth-order valence-electron chi connectivity index (χ4n) is 7.55. The first-order valence-corrected chi connectivity index (χ1v) is 24.1. The topological polar surface area (TPSA) is 166 Å². The SMILES string of the molecule is CCc1cccc(Cc2cccc(Cc3cccc(Cc4cccc(C)c4OCC(=O)NCCN(C)C)c3OCC(=O)NCCN(C)C)c2OCC(=O)NCCN(C)C)c1OCC(=O)NCCN(C)C. The number of aryl methyl sites for hydroxylation is 2. The molecule has 0 aliphatic heterocycles. The molecular formula is C54H78N8O8. The number of carbonyl (C=O) groups is 4. The minimum atomic E-state index is -0.257. The molecule has 0 fully saturated rings. The summed E-state index contributed by atoms with van der Waals surface area (Å²) in [5.74, 6) is 1.39. The van der Waals surface area contributed by atoms with Crippen LogP contribution < -0.4 is 40.2 Å². The highest BCUT2D eigenvalue weighted by Gasteiger charge is 2.21. The van der Waals surface area contributed by atoms with Crippen LogP contribution in [0.2, 0.25) is 0 Å². The summed E-state index contributed by atoms with van der Waals surface area (Å²) in [6, 6.07) is 23.7. The van der Waals surface area contributed by atoms with Crippen LogP contribution in [0, 0.1) is 6.92 Å². The van der Waals surface area contributed by atoms with E-state index in [0.717, 1.165) is 44.5 Å². The van der Waals surface area contributed by atoms with E-state index in [9.17, 15) is 19.2 Å². The Bertz CT molecular complexity index is 2300. The maximum Gasteiger partial charge on any atom is 0.257 e. The lowest BCUT2D eigenvalue weighted by Crippen LogP contribution is -2.34. The molecule has 0 aliphatic rings. The van der Waals surface area contributed by atoms with Gasteiger partial charge in [-0.25, -0.2) is 0 Å². The number of para-hydroxylation sites is 4. The van der Waals surface area contributed by atoms with E-state index in [4.69, 9.17) is 18.9 Å². The Morgan fingerprint density at radius 3 is 0.914 bits per heavy atom. The van der Waals surface area contributed by atoms with E-state index in [1.165, 1.54) is 0 Å². The van der Waals surface area contributed by atoms with Crippen molar-refractivity contribution in [3.63, 3.8) is 0 Å². The van der Waals surface area contributed by atoms with Gasteiger partial charge in [-0.3, -0.25) is 19.2 Å². The molecule has 70 heavy (non-hydrogen) atoms. The number of benzene rings is 4. The van der Waals surface area contributed by atoms with E-state index in [1.807, 2.05) is 163 Å². The number of nitrogens with zero attached hydrogens (tertiary/aromatic N) is 4. The van der Waals surface area contributed by atoms with Gasteiger partial charge >= 0.3 is 0 Å². The smallest absolute Gasteiger partial charge is 0.257 e. The monoisotopic (exact) mass is 967 g/mol. The van der Waals surface area contributed by atoms with Crippen molar-refractivity contribution >= 4 is 23.6 Å². The van der Waals surface area contributed by atoms with Crippen molar-refractivity contribution in [2.24, 2.45) is 0 Å². The number of carbonyl (C=O) groups excluding carboxylic acids is 4. The fraction of sp³-hybridized carbons (Fsp3) is 0.481. The third kappa shape index (κ3) is 19.7. The molecule has 0 heterocycles. The van der Waals surface area contributed by atoms with Crippen molar-refractivity contribution < 1.29 is 38.1 Å². The molecule has 0 spiro atoms. The number of rotatable bonds is 31. The van der Waals surface area contributed by atoms with E-state index < -0.39 is 0 Å². The molecule has 4 aromatic carbocycles. The number of hydrogen-bond donors (Lipinski definition) is 4. The van der Waals surface area contributed by atoms with Gasteiger partial charge in [0.15, 0.2) is 26.4 Å². The highest BCUT2D eigenvalue weighted by atomic mass is 16.5. The van der Waals surface area contributed by atoms with Gasteiger partial charge in [-0.1, -0.05) is 79.7 Å². The van der Waals surface area contributed by atoms with Gasteiger partial charge in [0.25, 0.3) is 23.6 Å². The normalized spacial score (nSPS) is 11.2. The predicted molar refractivity (Wildman–Crippen MR) is 277 cm³/mol. The van der Waals surface area contributed by atoms with Crippen molar-refractivity contribution in [3.8, 4) is 23.0 Å². The molecular weight excluding hydrogens is 889 g/mol. The van der Waals surface area contributed by atoms with E-state index in [1.54, 1.807) is 0 Å². The first-order valence-electron chi connectivity index (χ1n) is 24.1. The fourth-order valence-corrected chi connectivity index (χ4v) is 7.55. The second-order valence-electron chi connectivity index (χ2n) is 18.4. The van der Waals surface area contributed by atoms with Crippen molar-refractivity contribution in [2.45, 2.75) is 39.5 Å². The largest absolute Gasteiger partial charge is 0.483 e. The van der Waals surface area contributed by atoms with Gasteiger partial charge in [0, 0.05) is 71.6 Å². The Kier molecular flexibility index (Phi) is 24.0. The molecule has 4 rings (SSSR count). The average Bonchev–Trinajstić information content (AvgIpc) is 3.30. The molecule has 4 aromatic rings. The Balaban J connectivity index is 1.75. The lowest BCUT2D eigenvalue weighted by Gasteiger charge is -2.21. The van der Waals surface area contributed by atoms with Crippen molar-refractivity contribution in [1.29, 1.82) is 0 Å². The molecule has 4 amide bonds. The first kappa shape index (κ1) is 56.4. The van der Waals surface area contributed by atoms with Gasteiger partial charge in [0.1, 0.15) is 23.0 Å². The molecule has 4 N–H and O–H groups in total. The van der Waals surface area contributed by atoms with Crippen LogP contribution >= 0.6 is 0 Å². The summed E-state index contributed by atoms with van der Waals surface area (Å²) < 4.78 is 25.5. The summed E-state index contributed by atoms with van der Waals surface area (Å²) in [7, 11) is 15.6. The Labute approximate surface area is 416 Å². The predicted octanol–water partition coefficient (Wildman–Crippen LogP) is 3.56. The Morgan fingerprint density at radius 2 is 0.629 bits per heavy atom. The lowest BCUT2D eigenvalue weighted by molar-refractivity contribution is -0.123. The number of nitrogens with one attached hydrogen (secondary N) is 4. The van der Waals surface area contributed by atoms with Crippen molar-refractivity contribution in [1.82, 2.24) is 40.9 Å². The van der Waals surface area contributed by atoms with Crippen LogP contribution in [0.4, 0.5) is 0 Å². The summed E-state index contributed by atoms with van der Waals surface area (Å²) in [4.78, 5) is 60.2. The summed E-state index contributed by atoms with van der Waals surface area (Å²) in [5, 5.41) is 11.8. The number of likely N-dealkylation sites (N-methyl/N-ethyl adjacent to an activating group) is 4. The van der Waals surface area contributed by atoms with Crippen LogP contribution in [-0.4, -0.2) is 178 Å². The van der Waals surface area contributed by atoms with Crippen LogP contribution in [0.15, 0.2) is 72.8 Å². The van der Waals surface area contributed by atoms with Gasteiger partial charge in [-0.15, -0.1) is 0 Å². The molecule has 0 unspecified atom stereocenters. The third-order valence-corrected chi connectivity index (χ3v) is 11.3. The van der Waals surface area contributed by atoms with Crippen LogP contribution in [0.3, 0.4) is 0 Å². The number of hydrogen-bond acceptors (Lipinski definition) is 12. The first-order chi connectivity index (χ1) is 33.5. The molecule has 0 saturated carbocycles. The second-order valence-corrected chi connectivity index (χ2v) is 18.4. The molecule has 0 aliphatic carbocycles. The molecule has 0 saturated heterocycles. The maximum atomic E-state index is 13.3. The standard InChI is InChI=1S/C54H78N8O8/c1-11-40-17-13-19-42(52(40)68-36-48(64)56-25-29-60(5)6)33-44-21-15-23-46(54(44)70-38-50(66)58-27-31-62(9)10)34-45-22-14-20-43(53(45)69-37-49(65)57-26-30-61(7)8)32-41-18-12-16-39(2)51(41)67-35-47(63)55-24-28-59(3)4/h12-23H,11,24-38H2,1-10H3,(H,55,63)(H,56,64)(H,57,65)(H,58,66). The average molecular weight is 967 g/mol. The van der Waals surface area contributed by atoms with Gasteiger partial charge in [0.05, 0.1) is 0 Å². The highest BCUT2D eigenvalue weighted by Crippen LogP contribution is 2.37. The van der Waals surface area contributed by atoms with Crippen LogP contribution in [0.1, 0.15) is 51.4 Å². The molecule has 0 atom stereocenters. The molecule has 0 radical (unpaired) electrons. The molecule has 16 nitrogen and oxygen atoms in total. The summed E-state index contributed by atoms with van der Waals surface area (Å²) >= 11 is 0. The Morgan fingerprint density at radius 1 is 0.386 bits per heavy atom. The molecule has 16 heteroatoms. The van der Waals surface area contributed by atoms with E-state index in [-0.39, 0.29) is 50.1 Å². The van der Waals surface area contributed by atoms with E-state index in [0.29, 0.717) is 101 Å². The summed E-state index contributed by atoms with van der Waals surface area (Å²) in [5.41, 5.74) is 6.78. The van der Waals surface area contributed by atoms with Crippen molar-refractivity contribution in [3.05, 3.63) is 117 Å². The van der Waals surface area contributed by atoms with Gasteiger partial charge < -0.3 is 59.8 Å². The lowest BCUT2D eigenvalue weighted by atomic mass is 9.93. The van der Waals surface area contributed by atoms with Gasteiger partial charge in [0.2, 0.25) is 0 Å². The molecule has 0 aromatic heterocycles. The number of amides is 4. The zero-order chi connectivity index (χ0) is 51.0. The minimum Gasteiger partial charge on any atom is -0.483 e. The minimum absolute atomic E-state index is 0.136. The van der Waals surface area contributed by atoms with Crippen LogP contribution in [-0.2, 0) is 44.9 Å². The van der Waals surface area contributed by atoms with Gasteiger partial charge in [-0.05, 0) is 114 Å².